The lowest BCUT2D eigenvalue weighted by molar-refractivity contribution is -0.143. The van der Waals surface area contributed by atoms with Crippen molar-refractivity contribution in [3.05, 3.63) is 29.8 Å². The number of aliphatic carboxylic acids is 2. The second-order valence-corrected chi connectivity index (χ2v) is 17.4. The first kappa shape index (κ1) is 58.1. The van der Waals surface area contributed by atoms with Gasteiger partial charge in [0.05, 0.1) is 25.7 Å². The minimum atomic E-state index is -1.76. The molecule has 372 valence electrons. The lowest BCUT2D eigenvalue weighted by Crippen LogP contribution is -2.61. The van der Waals surface area contributed by atoms with Gasteiger partial charge in [-0.2, -0.15) is 0 Å². The van der Waals surface area contributed by atoms with Crippen LogP contribution in [0.25, 0.3) is 0 Å². The van der Waals surface area contributed by atoms with E-state index in [1.807, 2.05) is 13.8 Å². The largest absolute Gasteiger partial charge is 0.508 e. The summed E-state index contributed by atoms with van der Waals surface area (Å²) in [7, 11) is 0. The number of benzene rings is 1. The zero-order valence-electron chi connectivity index (χ0n) is 38.5. The van der Waals surface area contributed by atoms with Crippen LogP contribution in [0.4, 0.5) is 0 Å². The average molecular weight is 938 g/mol. The number of carbonyl (C=O) groups is 9. The normalized spacial score (nSPS) is 14.9. The van der Waals surface area contributed by atoms with Crippen molar-refractivity contribution in [1.29, 1.82) is 0 Å². The second-order valence-electron chi connectivity index (χ2n) is 17.4. The number of aliphatic hydroxyl groups excluding tert-OH is 2. The number of carbonyl (C=O) groups excluding carboxylic acids is 7. The van der Waals surface area contributed by atoms with Crippen LogP contribution in [-0.2, 0) is 49.6 Å². The number of unbranched alkanes of at least 4 members (excludes halogenated alkanes) is 1. The highest BCUT2D eigenvalue weighted by Crippen LogP contribution is 2.14. The first-order valence-electron chi connectivity index (χ1n) is 21.9. The molecule has 66 heavy (non-hydrogen) atoms. The van der Waals surface area contributed by atoms with Crippen molar-refractivity contribution in [3.8, 4) is 5.75 Å². The first-order valence-corrected chi connectivity index (χ1v) is 21.9. The van der Waals surface area contributed by atoms with E-state index in [-0.39, 0.29) is 55.6 Å². The molecule has 0 radical (unpaired) electrons. The predicted molar refractivity (Wildman–Crippen MR) is 239 cm³/mol. The van der Waals surface area contributed by atoms with Gasteiger partial charge in [0.25, 0.3) is 0 Å². The number of rotatable bonds is 31. The monoisotopic (exact) mass is 938 g/mol. The smallest absolute Gasteiger partial charge is 0.326 e. The summed E-state index contributed by atoms with van der Waals surface area (Å²) >= 11 is 0. The van der Waals surface area contributed by atoms with Crippen molar-refractivity contribution >= 4 is 53.3 Å². The van der Waals surface area contributed by atoms with Crippen molar-refractivity contribution in [3.63, 3.8) is 0 Å². The Bertz CT molecular complexity index is 1780. The standard InChI is InChI=1S/C43H71N9O14/c1-22(2)15-27(45)36(58)47-32(19-35(56)57)40(62)50-31(18-25-10-12-26(55)13-11-25)39(61)48-30(17-24(5)6)38(60)51-34(21-54)42(64)52-33(20-53)41(63)49-29(16-23(3)4)37(59)46-28(43(65)66)9-7-8-14-44/h10-13,22-24,27-34,53-55H,7-9,14-21,44-45H2,1-6H3,(H,46,59)(H,47,58)(H,48,61)(H,49,63)(H,50,62)(H,51,60)(H,52,64)(H,56,57)(H,65,66)/t27-,28-,29-,30-,31-,32-,33-,34-/m0/s1. The Kier molecular flexibility index (Phi) is 26.1. The van der Waals surface area contributed by atoms with Crippen molar-refractivity contribution < 1.29 is 68.7 Å². The van der Waals surface area contributed by atoms with Crippen LogP contribution < -0.4 is 48.7 Å². The molecule has 1 rings (SSSR count). The maximum Gasteiger partial charge on any atom is 0.326 e. The second kappa shape index (κ2) is 29.6. The van der Waals surface area contributed by atoms with Gasteiger partial charge < -0.3 is 74.2 Å². The third-order valence-electron chi connectivity index (χ3n) is 9.96. The van der Waals surface area contributed by atoms with Crippen LogP contribution in [0.1, 0.15) is 92.1 Å². The van der Waals surface area contributed by atoms with E-state index in [1.54, 1.807) is 27.7 Å². The highest BCUT2D eigenvalue weighted by Gasteiger charge is 2.35. The minimum Gasteiger partial charge on any atom is -0.508 e. The number of aliphatic hydroxyl groups is 2. The fourth-order valence-corrected chi connectivity index (χ4v) is 6.53. The molecule has 0 aliphatic heterocycles. The molecular weight excluding hydrogens is 867 g/mol. The summed E-state index contributed by atoms with van der Waals surface area (Å²) in [6, 6.07) is -6.21. The summed E-state index contributed by atoms with van der Waals surface area (Å²) in [5.41, 5.74) is 11.9. The SMILES string of the molecule is CC(C)C[C@H](NC(=O)[C@H](CO)NC(=O)[C@H](CO)NC(=O)[C@H](CC(C)C)NC(=O)[C@H](Cc1ccc(O)cc1)NC(=O)[C@H](CC(=O)O)NC(=O)[C@@H](N)CC(C)C)C(=O)N[C@@H](CCCCN)C(=O)O. The molecular formula is C43H71N9O14. The molecule has 0 unspecified atom stereocenters. The molecule has 0 heterocycles. The van der Waals surface area contributed by atoms with E-state index in [1.165, 1.54) is 24.3 Å². The lowest BCUT2D eigenvalue weighted by Gasteiger charge is -2.28. The van der Waals surface area contributed by atoms with Crippen molar-refractivity contribution in [2.45, 2.75) is 141 Å². The number of hydrogen-bond acceptors (Lipinski definition) is 14. The topological polar surface area (TPSA) is 391 Å². The Morgan fingerprint density at radius 1 is 0.515 bits per heavy atom. The Labute approximate surface area is 384 Å². The zero-order chi connectivity index (χ0) is 50.3. The van der Waals surface area contributed by atoms with Crippen LogP contribution in [0.5, 0.6) is 5.75 Å². The molecule has 1 aromatic rings. The summed E-state index contributed by atoms with van der Waals surface area (Å²) in [5.74, 6) is -10.2. The minimum absolute atomic E-state index is 0.00791. The van der Waals surface area contributed by atoms with Gasteiger partial charge in [0.1, 0.15) is 48.0 Å². The van der Waals surface area contributed by atoms with E-state index < -0.39 is 121 Å². The number of aromatic hydroxyl groups is 1. The highest BCUT2D eigenvalue weighted by molar-refractivity contribution is 5.98. The van der Waals surface area contributed by atoms with Crippen molar-refractivity contribution in [1.82, 2.24) is 37.2 Å². The third-order valence-corrected chi connectivity index (χ3v) is 9.96. The number of carboxylic acids is 2. The summed E-state index contributed by atoms with van der Waals surface area (Å²) in [6.07, 6.45) is 0.0880. The average Bonchev–Trinajstić information content (AvgIpc) is 3.22. The van der Waals surface area contributed by atoms with E-state index in [0.29, 0.717) is 24.9 Å². The molecule has 0 aromatic heterocycles. The molecule has 0 bridgehead atoms. The summed E-state index contributed by atoms with van der Waals surface area (Å²) in [4.78, 5) is 118. The molecule has 0 aliphatic rings. The molecule has 8 atom stereocenters. The number of phenols is 1. The van der Waals surface area contributed by atoms with E-state index in [9.17, 15) is 68.7 Å². The van der Waals surface area contributed by atoms with Gasteiger partial charge >= 0.3 is 11.9 Å². The zero-order valence-corrected chi connectivity index (χ0v) is 38.5. The molecule has 0 spiro atoms. The highest BCUT2D eigenvalue weighted by atomic mass is 16.4. The van der Waals surface area contributed by atoms with Crippen LogP contribution in [0.15, 0.2) is 24.3 Å². The van der Waals surface area contributed by atoms with Crippen LogP contribution in [0.3, 0.4) is 0 Å². The quantitative estimate of drug-likeness (QED) is 0.0341. The molecule has 1 aromatic carbocycles. The van der Waals surface area contributed by atoms with Crippen molar-refractivity contribution in [2.75, 3.05) is 19.8 Å². The number of nitrogens with two attached hydrogens (primary N) is 2. The first-order chi connectivity index (χ1) is 30.9. The number of carboxylic acid groups (broad SMARTS) is 2. The van der Waals surface area contributed by atoms with Gasteiger partial charge in [-0.1, -0.05) is 53.7 Å². The maximum absolute atomic E-state index is 14.0. The summed E-state index contributed by atoms with van der Waals surface area (Å²) < 4.78 is 0. The Hall–Kier alpha value is -5.91. The summed E-state index contributed by atoms with van der Waals surface area (Å²) in [6.45, 7) is 8.82. The van der Waals surface area contributed by atoms with Gasteiger partial charge in [0, 0.05) is 6.42 Å². The lowest BCUT2D eigenvalue weighted by atomic mass is 10.00. The Balaban J connectivity index is 3.32. The number of hydrogen-bond donors (Lipinski definition) is 14. The molecule has 0 saturated carbocycles. The van der Waals surface area contributed by atoms with Gasteiger partial charge in [0.2, 0.25) is 41.4 Å². The predicted octanol–water partition coefficient (Wildman–Crippen LogP) is -2.53. The molecule has 23 nitrogen and oxygen atoms in total. The van der Waals surface area contributed by atoms with Crippen molar-refractivity contribution in [2.24, 2.45) is 29.2 Å². The van der Waals surface area contributed by atoms with Crippen LogP contribution in [0.2, 0.25) is 0 Å². The Morgan fingerprint density at radius 3 is 1.30 bits per heavy atom. The van der Waals surface area contributed by atoms with E-state index >= 15 is 0 Å². The maximum atomic E-state index is 14.0. The fraction of sp³-hybridized carbons (Fsp3) is 0.651. The van der Waals surface area contributed by atoms with Gasteiger partial charge in [-0.05, 0) is 80.5 Å². The molecule has 7 amide bonds. The molecule has 16 N–H and O–H groups in total. The fourth-order valence-electron chi connectivity index (χ4n) is 6.53. The Morgan fingerprint density at radius 2 is 0.894 bits per heavy atom. The molecule has 0 fully saturated rings. The number of amides is 7. The van der Waals surface area contributed by atoms with Gasteiger partial charge in [-0.25, -0.2) is 4.79 Å². The van der Waals surface area contributed by atoms with E-state index in [4.69, 9.17) is 11.5 Å². The summed E-state index contributed by atoms with van der Waals surface area (Å²) in [5, 5.41) is 65.9. The van der Waals surface area contributed by atoms with Crippen LogP contribution in [-0.4, -0.2) is 147 Å². The van der Waals surface area contributed by atoms with Gasteiger partial charge in [-0.3, -0.25) is 38.4 Å². The van der Waals surface area contributed by atoms with Crippen LogP contribution in [0, 0.1) is 17.8 Å². The van der Waals surface area contributed by atoms with Gasteiger partial charge in [0.15, 0.2) is 0 Å². The number of phenolic OH excluding ortho intramolecular Hbond substituents is 1. The molecule has 0 aliphatic carbocycles. The van der Waals surface area contributed by atoms with E-state index in [2.05, 4.69) is 37.2 Å². The molecule has 0 saturated heterocycles. The molecule has 23 heteroatoms. The van der Waals surface area contributed by atoms with E-state index in [0.717, 1.165) is 0 Å². The third kappa shape index (κ3) is 21.8. The van der Waals surface area contributed by atoms with Gasteiger partial charge in [-0.15, -0.1) is 0 Å². The number of nitrogens with one attached hydrogen (secondary N) is 7. The van der Waals surface area contributed by atoms with Crippen LogP contribution >= 0.6 is 0 Å².